The van der Waals surface area contributed by atoms with Crippen LogP contribution in [0.1, 0.15) is 34.9 Å². The molecule has 2 aromatic heterocycles. The minimum Gasteiger partial charge on any atom is -0.366 e. The summed E-state index contributed by atoms with van der Waals surface area (Å²) in [5.41, 5.74) is 0. The lowest BCUT2D eigenvalue weighted by molar-refractivity contribution is -0.133. The third kappa shape index (κ3) is 3.29. The van der Waals surface area contributed by atoms with Crippen molar-refractivity contribution in [1.29, 1.82) is 0 Å². The van der Waals surface area contributed by atoms with Gasteiger partial charge >= 0.3 is 0 Å². The van der Waals surface area contributed by atoms with Gasteiger partial charge in [0, 0.05) is 46.9 Å². The maximum Gasteiger partial charge on any atom is 0.226 e. The van der Waals surface area contributed by atoms with Crippen LogP contribution in [0.4, 0.5) is 5.82 Å². The molecule has 1 N–H and O–H groups in total. The minimum atomic E-state index is 0.215. The third-order valence-corrected chi connectivity index (χ3v) is 6.10. The molecule has 6 heteroatoms. The van der Waals surface area contributed by atoms with Crippen molar-refractivity contribution in [2.75, 3.05) is 18.4 Å². The molecule has 0 unspecified atom stereocenters. The molecule has 1 aliphatic carbocycles. The van der Waals surface area contributed by atoms with E-state index in [9.17, 15) is 4.79 Å². The second-order valence-corrected chi connectivity index (χ2v) is 8.07. The maximum absolute atomic E-state index is 12.7. The second-order valence-electron chi connectivity index (χ2n) is 6.75. The number of aromatic nitrogens is 2. The standard InChI is InChI=1S/C18H22N4OS/c1-12-4-5-16(24-12)14-11-15(14)18(23)22-9-6-13(7-10-22)20-17-3-2-8-19-21-17/h2-5,8,13-15H,6-7,9-11H2,1H3,(H,20,21)/t14-,15-/m1/s1. The Morgan fingerprint density at radius 2 is 2.12 bits per heavy atom. The zero-order valence-electron chi connectivity index (χ0n) is 13.8. The van der Waals surface area contributed by atoms with E-state index in [0.29, 0.717) is 17.9 Å². The van der Waals surface area contributed by atoms with Crippen molar-refractivity contribution in [1.82, 2.24) is 15.1 Å². The van der Waals surface area contributed by atoms with Crippen molar-refractivity contribution in [2.45, 2.75) is 38.1 Å². The Hall–Kier alpha value is -1.95. The Balaban J connectivity index is 1.28. The summed E-state index contributed by atoms with van der Waals surface area (Å²) in [5.74, 6) is 1.85. The number of carbonyl (C=O) groups excluding carboxylic acids is 1. The Labute approximate surface area is 146 Å². The van der Waals surface area contributed by atoms with E-state index in [4.69, 9.17) is 0 Å². The molecule has 126 valence electrons. The van der Waals surface area contributed by atoms with E-state index < -0.39 is 0 Å². The number of nitrogens with one attached hydrogen (secondary N) is 1. The van der Waals surface area contributed by atoms with Crippen molar-refractivity contribution >= 4 is 23.1 Å². The molecule has 1 amide bonds. The normalized spacial score (nSPS) is 24.0. The molecule has 4 rings (SSSR count). The van der Waals surface area contributed by atoms with Crippen LogP contribution >= 0.6 is 11.3 Å². The van der Waals surface area contributed by atoms with Crippen molar-refractivity contribution in [2.24, 2.45) is 5.92 Å². The summed E-state index contributed by atoms with van der Waals surface area (Å²) in [6.45, 7) is 3.80. The van der Waals surface area contributed by atoms with E-state index in [1.54, 1.807) is 6.20 Å². The van der Waals surface area contributed by atoms with Crippen molar-refractivity contribution in [3.8, 4) is 0 Å². The van der Waals surface area contributed by atoms with Gasteiger partial charge in [0.05, 0.1) is 0 Å². The van der Waals surface area contributed by atoms with Crippen molar-refractivity contribution in [3.05, 3.63) is 40.2 Å². The van der Waals surface area contributed by atoms with Crippen LogP contribution in [0.5, 0.6) is 0 Å². The van der Waals surface area contributed by atoms with Gasteiger partial charge in [-0.05, 0) is 50.5 Å². The van der Waals surface area contributed by atoms with Crippen molar-refractivity contribution in [3.63, 3.8) is 0 Å². The number of rotatable bonds is 4. The summed E-state index contributed by atoms with van der Waals surface area (Å²) >= 11 is 1.83. The van der Waals surface area contributed by atoms with Gasteiger partial charge in [-0.25, -0.2) is 0 Å². The molecule has 2 atom stereocenters. The maximum atomic E-state index is 12.7. The molecule has 0 aromatic carbocycles. The lowest BCUT2D eigenvalue weighted by Gasteiger charge is -2.32. The second kappa shape index (κ2) is 6.51. The number of thiophene rings is 1. The molecule has 1 aliphatic heterocycles. The van der Waals surface area contributed by atoms with Crippen LogP contribution in [0.15, 0.2) is 30.5 Å². The van der Waals surface area contributed by atoms with Gasteiger partial charge in [-0.15, -0.1) is 16.4 Å². The van der Waals surface area contributed by atoms with Crippen LogP contribution in [-0.4, -0.2) is 40.1 Å². The highest BCUT2D eigenvalue weighted by Gasteiger charge is 2.46. The molecular formula is C18H22N4OS. The first kappa shape index (κ1) is 15.6. The van der Waals surface area contributed by atoms with Gasteiger partial charge in [-0.2, -0.15) is 5.10 Å². The molecule has 1 saturated carbocycles. The first-order chi connectivity index (χ1) is 11.7. The number of hydrogen-bond acceptors (Lipinski definition) is 5. The van der Waals surface area contributed by atoms with Gasteiger partial charge in [-0.1, -0.05) is 0 Å². The number of likely N-dealkylation sites (tertiary alicyclic amines) is 1. The largest absolute Gasteiger partial charge is 0.366 e. The van der Waals surface area contributed by atoms with Gasteiger partial charge in [0.1, 0.15) is 5.82 Å². The molecular weight excluding hydrogens is 320 g/mol. The minimum absolute atomic E-state index is 0.215. The highest BCUT2D eigenvalue weighted by Crippen LogP contribution is 2.50. The van der Waals surface area contributed by atoms with Gasteiger partial charge in [-0.3, -0.25) is 4.79 Å². The number of anilines is 1. The van der Waals surface area contributed by atoms with Crippen LogP contribution in [0, 0.1) is 12.8 Å². The molecule has 2 fully saturated rings. The molecule has 2 aromatic rings. The molecule has 2 aliphatic rings. The average Bonchev–Trinajstić information content (AvgIpc) is 3.30. The van der Waals surface area contributed by atoms with Crippen LogP contribution in [0.25, 0.3) is 0 Å². The molecule has 0 spiro atoms. The third-order valence-electron chi connectivity index (χ3n) is 4.97. The van der Waals surface area contributed by atoms with Gasteiger partial charge in [0.2, 0.25) is 5.91 Å². The fourth-order valence-electron chi connectivity index (χ4n) is 3.50. The number of amides is 1. The lowest BCUT2D eigenvalue weighted by atomic mass is 10.0. The van der Waals surface area contributed by atoms with Gasteiger partial charge in [0.15, 0.2) is 0 Å². The zero-order chi connectivity index (χ0) is 16.5. The molecule has 5 nitrogen and oxygen atoms in total. The predicted octanol–water partition coefficient (Wildman–Crippen LogP) is 3.05. The summed E-state index contributed by atoms with van der Waals surface area (Å²) in [4.78, 5) is 17.5. The Kier molecular flexibility index (Phi) is 4.22. The molecule has 0 radical (unpaired) electrons. The number of aryl methyl sites for hydroxylation is 1. The summed E-state index contributed by atoms with van der Waals surface area (Å²) < 4.78 is 0. The number of hydrogen-bond donors (Lipinski definition) is 1. The highest BCUT2D eigenvalue weighted by molar-refractivity contribution is 7.12. The predicted molar refractivity (Wildman–Crippen MR) is 95.2 cm³/mol. The Morgan fingerprint density at radius 3 is 2.79 bits per heavy atom. The number of carbonyl (C=O) groups is 1. The van der Waals surface area contributed by atoms with E-state index in [-0.39, 0.29) is 5.92 Å². The van der Waals surface area contributed by atoms with E-state index in [0.717, 1.165) is 38.2 Å². The Bertz CT molecular complexity index is 709. The summed E-state index contributed by atoms with van der Waals surface area (Å²) in [7, 11) is 0. The molecule has 0 bridgehead atoms. The van der Waals surface area contributed by atoms with Crippen LogP contribution in [-0.2, 0) is 4.79 Å². The summed E-state index contributed by atoms with van der Waals surface area (Å²) in [6, 6.07) is 8.54. The summed E-state index contributed by atoms with van der Waals surface area (Å²) in [5, 5.41) is 11.4. The quantitative estimate of drug-likeness (QED) is 0.928. The number of piperidine rings is 1. The van der Waals surface area contributed by atoms with Crippen LogP contribution in [0.2, 0.25) is 0 Å². The fourth-order valence-corrected chi connectivity index (χ4v) is 4.56. The van der Waals surface area contributed by atoms with E-state index >= 15 is 0 Å². The molecule has 24 heavy (non-hydrogen) atoms. The highest BCUT2D eigenvalue weighted by atomic mass is 32.1. The van der Waals surface area contributed by atoms with Crippen molar-refractivity contribution < 1.29 is 4.79 Å². The van der Waals surface area contributed by atoms with Crippen LogP contribution < -0.4 is 5.32 Å². The number of nitrogens with zero attached hydrogens (tertiary/aromatic N) is 3. The first-order valence-corrected chi connectivity index (χ1v) is 9.42. The average molecular weight is 342 g/mol. The smallest absolute Gasteiger partial charge is 0.226 e. The summed E-state index contributed by atoms with van der Waals surface area (Å²) in [6.07, 6.45) is 4.64. The van der Waals surface area contributed by atoms with Gasteiger partial charge < -0.3 is 10.2 Å². The van der Waals surface area contributed by atoms with E-state index in [2.05, 4.69) is 39.5 Å². The van der Waals surface area contributed by atoms with E-state index in [1.165, 1.54) is 9.75 Å². The van der Waals surface area contributed by atoms with Gasteiger partial charge in [0.25, 0.3) is 0 Å². The molecule has 3 heterocycles. The Morgan fingerprint density at radius 1 is 1.29 bits per heavy atom. The fraction of sp³-hybridized carbons (Fsp3) is 0.500. The monoisotopic (exact) mass is 342 g/mol. The lowest BCUT2D eigenvalue weighted by Crippen LogP contribution is -2.43. The van der Waals surface area contributed by atoms with Crippen LogP contribution in [0.3, 0.4) is 0 Å². The molecule has 1 saturated heterocycles. The SMILES string of the molecule is Cc1ccc([C@@H]2C[C@H]2C(=O)N2CCC(Nc3cccnn3)CC2)s1. The van der Waals surface area contributed by atoms with E-state index in [1.807, 2.05) is 23.5 Å². The topological polar surface area (TPSA) is 58.1 Å². The first-order valence-electron chi connectivity index (χ1n) is 8.60. The zero-order valence-corrected chi connectivity index (χ0v) is 14.6.